The van der Waals surface area contributed by atoms with Crippen molar-refractivity contribution in [2.24, 2.45) is 4.99 Å². The van der Waals surface area contributed by atoms with Crippen molar-refractivity contribution in [1.82, 2.24) is 10.3 Å². The maximum atomic E-state index is 5.79. The largest absolute Gasteiger partial charge is 0.490 e. The number of nitrogens with one attached hydrogen (secondary N) is 2. The highest BCUT2D eigenvalue weighted by molar-refractivity contribution is 14.0. The zero-order valence-corrected chi connectivity index (χ0v) is 21.1. The van der Waals surface area contributed by atoms with Crippen molar-refractivity contribution in [2.45, 2.75) is 45.6 Å². The molecule has 0 radical (unpaired) electrons. The molecule has 7 nitrogen and oxygen atoms in total. The summed E-state index contributed by atoms with van der Waals surface area (Å²) < 4.78 is 11.5. The average molecular weight is 551 g/mol. The molecule has 2 aromatic rings. The van der Waals surface area contributed by atoms with Gasteiger partial charge in [-0.2, -0.15) is 0 Å². The number of hydrogen-bond acceptors (Lipinski definition) is 5. The molecule has 0 unspecified atom stereocenters. The second-order valence-electron chi connectivity index (χ2n) is 7.96. The van der Waals surface area contributed by atoms with Gasteiger partial charge in [0, 0.05) is 44.0 Å². The molecule has 1 aromatic heterocycles. The van der Waals surface area contributed by atoms with E-state index in [1.165, 1.54) is 25.7 Å². The van der Waals surface area contributed by atoms with E-state index in [1.807, 2.05) is 24.4 Å². The van der Waals surface area contributed by atoms with Gasteiger partial charge in [0.05, 0.1) is 19.8 Å². The molecule has 0 spiro atoms. The Morgan fingerprint density at radius 3 is 2.50 bits per heavy atom. The summed E-state index contributed by atoms with van der Waals surface area (Å²) in [5.74, 6) is 3.37. The smallest absolute Gasteiger partial charge is 0.196 e. The number of guanidine groups is 1. The van der Waals surface area contributed by atoms with Gasteiger partial charge in [0.25, 0.3) is 0 Å². The molecule has 174 valence electrons. The van der Waals surface area contributed by atoms with E-state index in [4.69, 9.17) is 19.5 Å². The van der Waals surface area contributed by atoms with Gasteiger partial charge in [-0.25, -0.2) is 9.98 Å². The molecule has 0 saturated carbocycles. The van der Waals surface area contributed by atoms with Crippen LogP contribution in [0.5, 0.6) is 11.5 Å². The van der Waals surface area contributed by atoms with Crippen LogP contribution in [0.4, 0.5) is 11.5 Å². The number of pyridine rings is 1. The molecule has 4 rings (SSSR count). The maximum Gasteiger partial charge on any atom is 0.196 e. The van der Waals surface area contributed by atoms with Gasteiger partial charge in [-0.3, -0.25) is 0 Å². The molecular formula is C24H34IN5O2. The number of nitrogens with zero attached hydrogens (tertiary/aromatic N) is 3. The summed E-state index contributed by atoms with van der Waals surface area (Å²) in [7, 11) is 0. The van der Waals surface area contributed by atoms with Crippen LogP contribution in [0.15, 0.2) is 41.5 Å². The Labute approximate surface area is 208 Å². The fourth-order valence-electron chi connectivity index (χ4n) is 3.85. The Morgan fingerprint density at radius 1 is 1.00 bits per heavy atom. The van der Waals surface area contributed by atoms with E-state index >= 15 is 0 Å². The number of rotatable bonds is 5. The van der Waals surface area contributed by atoms with Crippen LogP contribution in [0.25, 0.3) is 0 Å². The van der Waals surface area contributed by atoms with Crippen molar-refractivity contribution < 1.29 is 9.47 Å². The zero-order chi connectivity index (χ0) is 21.3. The molecule has 0 amide bonds. The Morgan fingerprint density at radius 2 is 1.78 bits per heavy atom. The van der Waals surface area contributed by atoms with E-state index in [0.717, 1.165) is 60.6 Å². The molecule has 0 bridgehead atoms. The van der Waals surface area contributed by atoms with E-state index < -0.39 is 0 Å². The Balaban J connectivity index is 0.00000289. The third-order valence-corrected chi connectivity index (χ3v) is 5.51. The van der Waals surface area contributed by atoms with Crippen LogP contribution in [0.2, 0.25) is 0 Å². The first-order chi connectivity index (χ1) is 15.3. The van der Waals surface area contributed by atoms with Gasteiger partial charge in [-0.15, -0.1) is 24.0 Å². The predicted molar refractivity (Wildman–Crippen MR) is 141 cm³/mol. The lowest BCUT2D eigenvalue weighted by Gasteiger charge is -2.21. The van der Waals surface area contributed by atoms with Crippen molar-refractivity contribution in [2.75, 3.05) is 43.1 Å². The lowest BCUT2D eigenvalue weighted by molar-refractivity contribution is 0.297. The van der Waals surface area contributed by atoms with Gasteiger partial charge >= 0.3 is 0 Å². The summed E-state index contributed by atoms with van der Waals surface area (Å²) in [6.45, 7) is 6.97. The highest BCUT2D eigenvalue weighted by atomic mass is 127. The van der Waals surface area contributed by atoms with Gasteiger partial charge in [-0.05, 0) is 43.5 Å². The van der Waals surface area contributed by atoms with Gasteiger partial charge in [-0.1, -0.05) is 18.9 Å². The molecule has 0 atom stereocenters. The molecule has 1 saturated heterocycles. The van der Waals surface area contributed by atoms with Crippen LogP contribution in [0, 0.1) is 0 Å². The van der Waals surface area contributed by atoms with Gasteiger partial charge in [0.1, 0.15) is 5.82 Å². The standard InChI is InChI=1S/C24H33N5O2.HI/c1-2-25-24(28-20-9-10-21-22(16-20)31-15-7-14-30-21)27-18-19-8-11-23(26-17-19)29-12-5-3-4-6-13-29;/h8-11,16-17H,2-7,12-15,18H2,1H3,(H2,25,27,28);1H. The first-order valence-corrected chi connectivity index (χ1v) is 11.5. The number of halogens is 1. The maximum absolute atomic E-state index is 5.79. The van der Waals surface area contributed by atoms with Gasteiger partial charge < -0.3 is 25.0 Å². The number of aliphatic imine (C=N–C) groups is 1. The lowest BCUT2D eigenvalue weighted by Crippen LogP contribution is -2.30. The number of hydrogen-bond donors (Lipinski definition) is 2. The molecule has 0 aliphatic carbocycles. The Kier molecular flexibility index (Phi) is 9.70. The van der Waals surface area contributed by atoms with Crippen molar-refractivity contribution in [3.63, 3.8) is 0 Å². The molecule has 1 fully saturated rings. The quantitative estimate of drug-likeness (QED) is 0.316. The number of benzene rings is 1. The number of anilines is 2. The number of fused-ring (bicyclic) bond motifs is 1. The SMILES string of the molecule is CCNC(=NCc1ccc(N2CCCCCC2)nc1)Nc1ccc2c(c1)OCCCO2.I. The minimum Gasteiger partial charge on any atom is -0.490 e. The van der Waals surface area contributed by atoms with Crippen LogP contribution in [0.3, 0.4) is 0 Å². The van der Waals surface area contributed by atoms with Crippen LogP contribution in [-0.4, -0.2) is 43.8 Å². The van der Waals surface area contributed by atoms with E-state index in [1.54, 1.807) is 0 Å². The summed E-state index contributed by atoms with van der Waals surface area (Å²) >= 11 is 0. The van der Waals surface area contributed by atoms with Crippen LogP contribution < -0.4 is 25.0 Å². The monoisotopic (exact) mass is 551 g/mol. The number of aromatic nitrogens is 1. The Hall–Kier alpha value is -2.23. The van der Waals surface area contributed by atoms with Crippen molar-refractivity contribution in [3.8, 4) is 11.5 Å². The van der Waals surface area contributed by atoms with Crippen molar-refractivity contribution in [3.05, 3.63) is 42.1 Å². The summed E-state index contributed by atoms with van der Waals surface area (Å²) in [5.41, 5.74) is 2.01. The summed E-state index contributed by atoms with van der Waals surface area (Å²) in [4.78, 5) is 11.8. The molecular weight excluding hydrogens is 517 g/mol. The van der Waals surface area contributed by atoms with Crippen LogP contribution >= 0.6 is 24.0 Å². The van der Waals surface area contributed by atoms with Crippen molar-refractivity contribution >= 4 is 41.4 Å². The fraction of sp³-hybridized carbons (Fsp3) is 0.500. The second kappa shape index (κ2) is 12.7. The molecule has 1 aromatic carbocycles. The molecule has 2 aliphatic heterocycles. The second-order valence-corrected chi connectivity index (χ2v) is 7.96. The first-order valence-electron chi connectivity index (χ1n) is 11.5. The Bertz CT molecular complexity index is 867. The van der Waals surface area contributed by atoms with E-state index in [0.29, 0.717) is 19.8 Å². The van der Waals surface area contributed by atoms with Crippen molar-refractivity contribution in [1.29, 1.82) is 0 Å². The van der Waals surface area contributed by atoms with E-state index in [-0.39, 0.29) is 24.0 Å². The highest BCUT2D eigenvalue weighted by Crippen LogP contribution is 2.32. The number of ether oxygens (including phenoxy) is 2. The molecule has 32 heavy (non-hydrogen) atoms. The topological polar surface area (TPSA) is 71.0 Å². The minimum atomic E-state index is 0. The molecule has 2 aliphatic rings. The highest BCUT2D eigenvalue weighted by Gasteiger charge is 2.12. The molecule has 8 heteroatoms. The average Bonchev–Trinajstić information content (AvgIpc) is 3.21. The summed E-state index contributed by atoms with van der Waals surface area (Å²) in [6, 6.07) is 10.1. The fourth-order valence-corrected chi connectivity index (χ4v) is 3.85. The predicted octanol–water partition coefficient (Wildman–Crippen LogP) is 4.82. The summed E-state index contributed by atoms with van der Waals surface area (Å²) in [6.07, 6.45) is 8.00. The summed E-state index contributed by atoms with van der Waals surface area (Å²) in [5, 5.41) is 6.67. The van der Waals surface area contributed by atoms with Gasteiger partial charge in [0.15, 0.2) is 17.5 Å². The third kappa shape index (κ3) is 6.88. The van der Waals surface area contributed by atoms with E-state index in [9.17, 15) is 0 Å². The molecule has 2 N–H and O–H groups in total. The zero-order valence-electron chi connectivity index (χ0n) is 18.8. The van der Waals surface area contributed by atoms with Crippen LogP contribution in [0.1, 0.15) is 44.6 Å². The lowest BCUT2D eigenvalue weighted by atomic mass is 10.2. The minimum absolute atomic E-state index is 0. The third-order valence-electron chi connectivity index (χ3n) is 5.51. The van der Waals surface area contributed by atoms with E-state index in [2.05, 4.69) is 34.6 Å². The first kappa shape index (κ1) is 24.4. The van der Waals surface area contributed by atoms with Crippen LogP contribution in [-0.2, 0) is 6.54 Å². The normalized spacial score (nSPS) is 16.4. The van der Waals surface area contributed by atoms with Gasteiger partial charge in [0.2, 0.25) is 0 Å². The molecule has 3 heterocycles.